The van der Waals surface area contributed by atoms with E-state index in [0.29, 0.717) is 18.7 Å². The van der Waals surface area contributed by atoms with Crippen molar-refractivity contribution in [3.05, 3.63) is 51.7 Å². The molecule has 0 aliphatic rings. The summed E-state index contributed by atoms with van der Waals surface area (Å²) in [7, 11) is 1.85. The van der Waals surface area contributed by atoms with Crippen LogP contribution in [-0.4, -0.2) is 30.5 Å². The second-order valence-corrected chi connectivity index (χ2v) is 5.77. The van der Waals surface area contributed by atoms with E-state index in [0.717, 1.165) is 10.6 Å². The molecule has 0 spiro atoms. The first kappa shape index (κ1) is 15.6. The molecule has 6 heteroatoms. The molecule has 1 aromatic carbocycles. The van der Waals surface area contributed by atoms with E-state index in [4.69, 9.17) is 0 Å². The molecular formula is C15H18FN3OS. The predicted molar refractivity (Wildman–Crippen MR) is 82.2 cm³/mol. The molecule has 0 aliphatic heterocycles. The Hall–Kier alpha value is -1.79. The van der Waals surface area contributed by atoms with Crippen molar-refractivity contribution in [2.45, 2.75) is 19.4 Å². The minimum absolute atomic E-state index is 0.168. The van der Waals surface area contributed by atoms with Crippen LogP contribution in [0, 0.1) is 5.82 Å². The lowest BCUT2D eigenvalue weighted by Gasteiger charge is -2.10. The molecule has 0 saturated heterocycles. The summed E-state index contributed by atoms with van der Waals surface area (Å²) in [4.78, 5) is 16.3. The zero-order valence-electron chi connectivity index (χ0n) is 12.0. The van der Waals surface area contributed by atoms with E-state index in [1.807, 2.05) is 14.0 Å². The van der Waals surface area contributed by atoms with Crippen LogP contribution < -0.4 is 10.6 Å². The van der Waals surface area contributed by atoms with E-state index in [9.17, 15) is 9.18 Å². The van der Waals surface area contributed by atoms with Crippen LogP contribution in [0.5, 0.6) is 0 Å². The van der Waals surface area contributed by atoms with E-state index < -0.39 is 0 Å². The maximum atomic E-state index is 12.8. The van der Waals surface area contributed by atoms with Crippen molar-refractivity contribution in [2.75, 3.05) is 13.6 Å². The number of likely N-dealkylation sites (N-methyl/N-ethyl adjacent to an activating group) is 1. The van der Waals surface area contributed by atoms with Crippen LogP contribution in [0.2, 0.25) is 0 Å². The van der Waals surface area contributed by atoms with Gasteiger partial charge in [0.15, 0.2) is 0 Å². The van der Waals surface area contributed by atoms with Gasteiger partial charge in [0.05, 0.1) is 5.01 Å². The molecule has 2 rings (SSSR count). The van der Waals surface area contributed by atoms with Gasteiger partial charge in [-0.2, -0.15) is 0 Å². The fourth-order valence-electron chi connectivity index (χ4n) is 1.71. The van der Waals surface area contributed by atoms with E-state index >= 15 is 0 Å². The molecular weight excluding hydrogens is 289 g/mol. The van der Waals surface area contributed by atoms with Gasteiger partial charge in [0.1, 0.15) is 11.5 Å². The van der Waals surface area contributed by atoms with Gasteiger partial charge in [-0.25, -0.2) is 9.37 Å². The number of thiazole rings is 1. The minimum atomic E-state index is -0.253. The molecule has 1 amide bonds. The summed E-state index contributed by atoms with van der Waals surface area (Å²) < 4.78 is 12.8. The van der Waals surface area contributed by atoms with Gasteiger partial charge in [-0.1, -0.05) is 12.1 Å². The number of carbonyl (C=O) groups is 1. The smallest absolute Gasteiger partial charge is 0.270 e. The summed E-state index contributed by atoms with van der Waals surface area (Å²) in [6.45, 7) is 2.54. The molecule has 1 aromatic heterocycles. The van der Waals surface area contributed by atoms with E-state index in [1.54, 1.807) is 17.5 Å². The van der Waals surface area contributed by atoms with Crippen molar-refractivity contribution in [2.24, 2.45) is 0 Å². The number of benzene rings is 1. The van der Waals surface area contributed by atoms with Crippen molar-refractivity contribution in [1.29, 1.82) is 0 Å². The van der Waals surface area contributed by atoms with Crippen molar-refractivity contribution in [1.82, 2.24) is 15.6 Å². The first-order chi connectivity index (χ1) is 10.1. The highest BCUT2D eigenvalue weighted by atomic mass is 32.1. The number of carbonyl (C=O) groups excluding carboxylic acids is 1. The van der Waals surface area contributed by atoms with Gasteiger partial charge < -0.3 is 10.6 Å². The van der Waals surface area contributed by atoms with Gasteiger partial charge >= 0.3 is 0 Å². The highest BCUT2D eigenvalue weighted by Gasteiger charge is 2.11. The predicted octanol–water partition coefficient (Wildman–Crippen LogP) is 2.21. The topological polar surface area (TPSA) is 54.0 Å². The van der Waals surface area contributed by atoms with Gasteiger partial charge in [-0.3, -0.25) is 4.79 Å². The number of hydrogen-bond acceptors (Lipinski definition) is 4. The lowest BCUT2D eigenvalue weighted by Crippen LogP contribution is -2.37. The third kappa shape index (κ3) is 4.61. The van der Waals surface area contributed by atoms with Crippen molar-refractivity contribution >= 4 is 17.2 Å². The Morgan fingerprint density at radius 3 is 2.76 bits per heavy atom. The molecule has 2 aromatic rings. The number of halogens is 1. The number of rotatable bonds is 6. The number of nitrogens with one attached hydrogen (secondary N) is 2. The van der Waals surface area contributed by atoms with Crippen LogP contribution in [0.15, 0.2) is 29.6 Å². The van der Waals surface area contributed by atoms with E-state index in [-0.39, 0.29) is 17.8 Å². The SMILES string of the molecule is CNC(C)CNC(=O)c1csc(Cc2ccc(F)cc2)n1. The Labute approximate surface area is 127 Å². The fourth-order valence-corrected chi connectivity index (χ4v) is 2.52. The molecule has 0 bridgehead atoms. The highest BCUT2D eigenvalue weighted by molar-refractivity contribution is 7.09. The van der Waals surface area contributed by atoms with Crippen LogP contribution in [0.25, 0.3) is 0 Å². The largest absolute Gasteiger partial charge is 0.349 e. The number of amides is 1. The van der Waals surface area contributed by atoms with Gasteiger partial charge in [-0.15, -0.1) is 11.3 Å². The average molecular weight is 307 g/mol. The average Bonchev–Trinajstić information content (AvgIpc) is 2.95. The summed E-state index contributed by atoms with van der Waals surface area (Å²) in [5.74, 6) is -0.421. The van der Waals surface area contributed by atoms with Crippen LogP contribution in [0.1, 0.15) is 28.0 Å². The summed E-state index contributed by atoms with van der Waals surface area (Å²) in [6.07, 6.45) is 0.602. The zero-order valence-corrected chi connectivity index (χ0v) is 12.8. The molecule has 1 heterocycles. The maximum Gasteiger partial charge on any atom is 0.270 e. The normalized spacial score (nSPS) is 12.1. The Bertz CT molecular complexity index is 597. The second kappa shape index (κ2) is 7.28. The number of nitrogens with zero attached hydrogens (tertiary/aromatic N) is 1. The Morgan fingerprint density at radius 1 is 1.38 bits per heavy atom. The first-order valence-corrected chi connectivity index (χ1v) is 7.60. The molecule has 1 unspecified atom stereocenters. The first-order valence-electron chi connectivity index (χ1n) is 6.73. The van der Waals surface area contributed by atoms with Gasteiger partial charge in [0.2, 0.25) is 0 Å². The van der Waals surface area contributed by atoms with Crippen LogP contribution in [-0.2, 0) is 6.42 Å². The highest BCUT2D eigenvalue weighted by Crippen LogP contribution is 2.15. The van der Waals surface area contributed by atoms with Crippen LogP contribution in [0.4, 0.5) is 4.39 Å². The quantitative estimate of drug-likeness (QED) is 0.860. The molecule has 0 fully saturated rings. The molecule has 21 heavy (non-hydrogen) atoms. The summed E-state index contributed by atoms with van der Waals surface area (Å²) >= 11 is 1.44. The number of hydrogen-bond donors (Lipinski definition) is 2. The second-order valence-electron chi connectivity index (χ2n) is 4.83. The number of aromatic nitrogens is 1. The molecule has 2 N–H and O–H groups in total. The van der Waals surface area contributed by atoms with Crippen LogP contribution >= 0.6 is 11.3 Å². The molecule has 1 atom stereocenters. The third-order valence-electron chi connectivity index (χ3n) is 3.11. The van der Waals surface area contributed by atoms with Crippen molar-refractivity contribution in [3.8, 4) is 0 Å². The zero-order chi connectivity index (χ0) is 15.2. The monoisotopic (exact) mass is 307 g/mol. The van der Waals surface area contributed by atoms with E-state index in [1.165, 1.54) is 23.5 Å². The van der Waals surface area contributed by atoms with Gasteiger partial charge in [-0.05, 0) is 31.7 Å². The molecule has 112 valence electrons. The van der Waals surface area contributed by atoms with E-state index in [2.05, 4.69) is 15.6 Å². The van der Waals surface area contributed by atoms with Gasteiger partial charge in [0, 0.05) is 24.4 Å². The third-order valence-corrected chi connectivity index (χ3v) is 3.96. The summed E-state index contributed by atoms with van der Waals surface area (Å²) in [5, 5.41) is 8.47. The van der Waals surface area contributed by atoms with Crippen molar-refractivity contribution in [3.63, 3.8) is 0 Å². The van der Waals surface area contributed by atoms with Crippen molar-refractivity contribution < 1.29 is 9.18 Å². The van der Waals surface area contributed by atoms with Gasteiger partial charge in [0.25, 0.3) is 5.91 Å². The minimum Gasteiger partial charge on any atom is -0.349 e. The summed E-state index contributed by atoms with van der Waals surface area (Å²) in [6, 6.07) is 6.52. The Morgan fingerprint density at radius 2 is 2.10 bits per heavy atom. The maximum absolute atomic E-state index is 12.8. The lowest BCUT2D eigenvalue weighted by atomic mass is 10.1. The Kier molecular flexibility index (Phi) is 5.41. The fraction of sp³-hybridized carbons (Fsp3) is 0.333. The summed E-state index contributed by atoms with van der Waals surface area (Å²) in [5.41, 5.74) is 1.40. The molecule has 0 saturated carbocycles. The molecule has 0 radical (unpaired) electrons. The standard InChI is InChI=1S/C15H18FN3OS/c1-10(17-2)8-18-15(20)13-9-21-14(19-13)7-11-3-5-12(16)6-4-11/h3-6,9-10,17H,7-8H2,1-2H3,(H,18,20). The lowest BCUT2D eigenvalue weighted by molar-refractivity contribution is 0.0946. The van der Waals surface area contributed by atoms with Crippen LogP contribution in [0.3, 0.4) is 0 Å². The molecule has 0 aliphatic carbocycles. The molecule has 4 nitrogen and oxygen atoms in total. The Balaban J connectivity index is 1.94.